The predicted molar refractivity (Wildman–Crippen MR) is 93.7 cm³/mol. The first-order valence-corrected chi connectivity index (χ1v) is 9.11. The van der Waals surface area contributed by atoms with Crippen molar-refractivity contribution in [2.75, 3.05) is 46.8 Å². The smallest absolute Gasteiger partial charge is 0.410 e. The van der Waals surface area contributed by atoms with E-state index < -0.39 is 5.60 Å². The fourth-order valence-electron chi connectivity index (χ4n) is 3.58. The third-order valence-corrected chi connectivity index (χ3v) is 4.97. The molecule has 1 amide bonds. The highest BCUT2D eigenvalue weighted by Gasteiger charge is 2.34. The van der Waals surface area contributed by atoms with Gasteiger partial charge in [0.2, 0.25) is 0 Å². The highest BCUT2D eigenvalue weighted by atomic mass is 16.6. The van der Waals surface area contributed by atoms with E-state index in [-0.39, 0.29) is 6.09 Å². The van der Waals surface area contributed by atoms with Gasteiger partial charge in [-0.25, -0.2) is 4.79 Å². The number of carbonyl (C=O) groups excluding carboxylic acids is 1. The van der Waals surface area contributed by atoms with Gasteiger partial charge in [-0.1, -0.05) is 0 Å². The molecule has 2 aliphatic rings. The van der Waals surface area contributed by atoms with Crippen LogP contribution in [0.1, 0.15) is 46.5 Å². The minimum Gasteiger partial charge on any atom is -0.444 e. The zero-order valence-corrected chi connectivity index (χ0v) is 15.7. The van der Waals surface area contributed by atoms with Gasteiger partial charge in [0.05, 0.1) is 0 Å². The maximum atomic E-state index is 12.2. The maximum Gasteiger partial charge on any atom is 0.410 e. The average molecular weight is 325 g/mol. The maximum absolute atomic E-state index is 12.2. The predicted octanol–water partition coefficient (Wildman–Crippen LogP) is 2.66. The van der Waals surface area contributed by atoms with Crippen molar-refractivity contribution < 1.29 is 9.53 Å². The van der Waals surface area contributed by atoms with Crippen LogP contribution in [-0.4, -0.2) is 79.3 Å². The topological polar surface area (TPSA) is 36.0 Å². The fourth-order valence-corrected chi connectivity index (χ4v) is 3.58. The molecule has 1 unspecified atom stereocenters. The summed E-state index contributed by atoms with van der Waals surface area (Å²) >= 11 is 0. The lowest BCUT2D eigenvalue weighted by Crippen LogP contribution is -2.44. The minimum atomic E-state index is -0.403. The molecule has 2 saturated heterocycles. The molecular formula is C18H35N3O2. The molecule has 2 rings (SSSR count). The minimum absolute atomic E-state index is 0.152. The van der Waals surface area contributed by atoms with E-state index in [4.69, 9.17) is 4.74 Å². The number of carbonyl (C=O) groups is 1. The van der Waals surface area contributed by atoms with E-state index >= 15 is 0 Å². The Bertz CT molecular complexity index is 384. The summed E-state index contributed by atoms with van der Waals surface area (Å²) in [4.78, 5) is 18.9. The zero-order chi connectivity index (χ0) is 17.0. The normalized spacial score (nSPS) is 24.4. The van der Waals surface area contributed by atoms with E-state index in [0.29, 0.717) is 6.04 Å². The molecule has 1 atom stereocenters. The summed E-state index contributed by atoms with van der Waals surface area (Å²) in [5, 5.41) is 0. The Morgan fingerprint density at radius 1 is 1.13 bits per heavy atom. The van der Waals surface area contributed by atoms with Crippen molar-refractivity contribution in [1.29, 1.82) is 0 Å². The lowest BCUT2D eigenvalue weighted by Gasteiger charge is -2.36. The number of amides is 1. The largest absolute Gasteiger partial charge is 0.444 e. The van der Waals surface area contributed by atoms with Crippen molar-refractivity contribution in [3.63, 3.8) is 0 Å². The van der Waals surface area contributed by atoms with Gasteiger partial charge in [-0.05, 0) is 86.1 Å². The summed E-state index contributed by atoms with van der Waals surface area (Å²) in [5.41, 5.74) is -0.403. The number of rotatable bonds is 4. The molecule has 0 saturated carbocycles. The van der Waals surface area contributed by atoms with E-state index in [2.05, 4.69) is 23.9 Å². The first-order valence-electron chi connectivity index (χ1n) is 9.11. The molecule has 2 fully saturated rings. The lowest BCUT2D eigenvalue weighted by molar-refractivity contribution is 0.0273. The summed E-state index contributed by atoms with van der Waals surface area (Å²) in [7, 11) is 4.30. The van der Waals surface area contributed by atoms with Crippen LogP contribution in [0.5, 0.6) is 0 Å². The summed E-state index contributed by atoms with van der Waals surface area (Å²) in [6, 6.07) is 0.525. The third kappa shape index (κ3) is 5.96. The average Bonchev–Trinajstić information content (AvgIpc) is 2.94. The van der Waals surface area contributed by atoms with E-state index in [0.717, 1.165) is 25.4 Å². The van der Waals surface area contributed by atoms with E-state index in [1.165, 1.54) is 38.9 Å². The molecule has 0 aromatic carbocycles. The van der Waals surface area contributed by atoms with Crippen molar-refractivity contribution in [1.82, 2.24) is 14.7 Å². The summed E-state index contributed by atoms with van der Waals surface area (Å²) in [6.07, 6.45) is 4.85. The molecule has 2 aliphatic heterocycles. The van der Waals surface area contributed by atoms with Crippen LogP contribution in [0.3, 0.4) is 0 Å². The number of hydrogen-bond donors (Lipinski definition) is 0. The molecule has 0 bridgehead atoms. The quantitative estimate of drug-likeness (QED) is 0.796. The van der Waals surface area contributed by atoms with Gasteiger partial charge in [-0.3, -0.25) is 4.90 Å². The van der Waals surface area contributed by atoms with Crippen LogP contribution in [0.2, 0.25) is 0 Å². The highest BCUT2D eigenvalue weighted by molar-refractivity contribution is 5.68. The first kappa shape index (κ1) is 18.5. The molecule has 5 heteroatoms. The van der Waals surface area contributed by atoms with Crippen molar-refractivity contribution in [3.8, 4) is 0 Å². The van der Waals surface area contributed by atoms with Gasteiger partial charge in [-0.15, -0.1) is 0 Å². The zero-order valence-electron chi connectivity index (χ0n) is 15.7. The molecule has 23 heavy (non-hydrogen) atoms. The molecule has 134 valence electrons. The Hall–Kier alpha value is -0.810. The van der Waals surface area contributed by atoms with Crippen molar-refractivity contribution in [3.05, 3.63) is 0 Å². The van der Waals surface area contributed by atoms with E-state index in [9.17, 15) is 4.79 Å². The van der Waals surface area contributed by atoms with Gasteiger partial charge >= 0.3 is 6.09 Å². The molecular weight excluding hydrogens is 290 g/mol. The Labute approximate surface area is 141 Å². The highest BCUT2D eigenvalue weighted by Crippen LogP contribution is 2.26. The second kappa shape index (κ2) is 7.84. The summed E-state index contributed by atoms with van der Waals surface area (Å²) in [6.45, 7) is 11.0. The second-order valence-corrected chi connectivity index (χ2v) is 8.44. The third-order valence-electron chi connectivity index (χ3n) is 4.97. The van der Waals surface area contributed by atoms with E-state index in [1.54, 1.807) is 0 Å². The monoisotopic (exact) mass is 325 g/mol. The van der Waals surface area contributed by atoms with Crippen LogP contribution in [0.4, 0.5) is 4.79 Å². The Balaban J connectivity index is 1.72. The van der Waals surface area contributed by atoms with Gasteiger partial charge in [0.25, 0.3) is 0 Å². The van der Waals surface area contributed by atoms with Crippen LogP contribution in [-0.2, 0) is 4.74 Å². The Morgan fingerprint density at radius 3 is 2.35 bits per heavy atom. The number of ether oxygens (including phenoxy) is 1. The number of nitrogens with zero attached hydrogens (tertiary/aromatic N) is 3. The molecule has 2 heterocycles. The molecule has 0 aromatic heterocycles. The molecule has 0 aromatic rings. The Kier molecular flexibility index (Phi) is 6.32. The van der Waals surface area contributed by atoms with Gasteiger partial charge in [0.1, 0.15) is 5.60 Å². The molecule has 0 N–H and O–H groups in total. The van der Waals surface area contributed by atoms with E-state index in [1.807, 2.05) is 25.7 Å². The van der Waals surface area contributed by atoms with Gasteiger partial charge in [-0.2, -0.15) is 0 Å². The molecule has 5 nitrogen and oxygen atoms in total. The summed E-state index contributed by atoms with van der Waals surface area (Å²) in [5.74, 6) is 0.872. The number of hydrogen-bond acceptors (Lipinski definition) is 4. The lowest BCUT2D eigenvalue weighted by atomic mass is 9.92. The van der Waals surface area contributed by atoms with Crippen LogP contribution in [0.25, 0.3) is 0 Å². The number of likely N-dealkylation sites (tertiary alicyclic amines) is 2. The standard InChI is InChI=1S/C18H35N3O2/c1-18(2,3)23-17(22)21-13-9-16(14-21)20-11-7-15(8-12-20)6-10-19(4)5/h15-16H,6-14H2,1-5H3. The van der Waals surface area contributed by atoms with Gasteiger partial charge < -0.3 is 14.5 Å². The first-order chi connectivity index (χ1) is 10.7. The molecule has 0 aliphatic carbocycles. The Morgan fingerprint density at radius 2 is 1.78 bits per heavy atom. The van der Waals surface area contributed by atoms with Crippen LogP contribution < -0.4 is 0 Å². The van der Waals surface area contributed by atoms with Crippen LogP contribution in [0, 0.1) is 5.92 Å². The molecule has 0 spiro atoms. The van der Waals surface area contributed by atoms with Crippen molar-refractivity contribution >= 4 is 6.09 Å². The molecule has 0 radical (unpaired) electrons. The second-order valence-electron chi connectivity index (χ2n) is 8.44. The van der Waals surface area contributed by atoms with Crippen LogP contribution >= 0.6 is 0 Å². The summed E-state index contributed by atoms with van der Waals surface area (Å²) < 4.78 is 5.49. The van der Waals surface area contributed by atoms with Gasteiger partial charge in [0, 0.05) is 19.1 Å². The van der Waals surface area contributed by atoms with Crippen molar-refractivity contribution in [2.45, 2.75) is 58.1 Å². The van der Waals surface area contributed by atoms with Crippen molar-refractivity contribution in [2.24, 2.45) is 5.92 Å². The fraction of sp³-hybridized carbons (Fsp3) is 0.944. The van der Waals surface area contributed by atoms with Gasteiger partial charge in [0.15, 0.2) is 0 Å². The SMILES string of the molecule is CN(C)CCC1CCN(C2CCN(C(=O)OC(C)(C)C)C2)CC1. The van der Waals surface area contributed by atoms with Crippen LogP contribution in [0.15, 0.2) is 0 Å². The number of piperidine rings is 1.